The van der Waals surface area contributed by atoms with Gasteiger partial charge in [-0.05, 0) is 19.0 Å². The van der Waals surface area contributed by atoms with Crippen LogP contribution < -0.4 is 5.32 Å². The molecule has 92 valence electrons. The Morgan fingerprint density at radius 1 is 1.25 bits per heavy atom. The zero-order valence-electron chi connectivity index (χ0n) is 9.56. The zero-order valence-corrected chi connectivity index (χ0v) is 11.2. The Balaban J connectivity index is 0.00000112. The highest BCUT2D eigenvalue weighted by Crippen LogP contribution is 2.06. The SMILES string of the molecule is CN1CCN[C@H](Cc2ccccc2)C1.Cl.Cl. The van der Waals surface area contributed by atoms with Gasteiger partial charge in [-0.3, -0.25) is 0 Å². The highest BCUT2D eigenvalue weighted by atomic mass is 35.5. The second-order valence-electron chi connectivity index (χ2n) is 4.10. The standard InChI is InChI=1S/C12H18N2.2ClH/c1-14-8-7-13-12(10-14)9-11-5-3-2-4-6-11;;/h2-6,12-13H,7-10H2,1H3;2*1H/t12-;;/m1../s1. The first-order valence-corrected chi connectivity index (χ1v) is 5.30. The van der Waals surface area contributed by atoms with E-state index in [0.29, 0.717) is 6.04 Å². The fourth-order valence-electron chi connectivity index (χ4n) is 2.03. The minimum absolute atomic E-state index is 0. The van der Waals surface area contributed by atoms with E-state index in [0.717, 1.165) is 19.5 Å². The number of nitrogens with one attached hydrogen (secondary N) is 1. The van der Waals surface area contributed by atoms with Crippen molar-refractivity contribution in [3.63, 3.8) is 0 Å². The quantitative estimate of drug-likeness (QED) is 0.877. The first-order chi connectivity index (χ1) is 6.84. The molecular weight excluding hydrogens is 243 g/mol. The molecule has 0 spiro atoms. The first kappa shape index (κ1) is 15.7. The first-order valence-electron chi connectivity index (χ1n) is 5.30. The molecule has 0 unspecified atom stereocenters. The van der Waals surface area contributed by atoms with Crippen molar-refractivity contribution >= 4 is 24.8 Å². The Hall–Kier alpha value is -0.280. The lowest BCUT2D eigenvalue weighted by molar-refractivity contribution is 0.238. The lowest BCUT2D eigenvalue weighted by atomic mass is 10.0. The van der Waals surface area contributed by atoms with Crippen molar-refractivity contribution < 1.29 is 0 Å². The molecule has 1 aromatic rings. The second-order valence-corrected chi connectivity index (χ2v) is 4.10. The molecule has 1 fully saturated rings. The predicted octanol–water partition coefficient (Wildman–Crippen LogP) is 1.98. The third-order valence-electron chi connectivity index (χ3n) is 2.78. The Morgan fingerprint density at radius 2 is 1.94 bits per heavy atom. The van der Waals surface area contributed by atoms with Crippen molar-refractivity contribution in [3.8, 4) is 0 Å². The summed E-state index contributed by atoms with van der Waals surface area (Å²) < 4.78 is 0. The second kappa shape index (κ2) is 7.91. The molecule has 0 radical (unpaired) electrons. The van der Waals surface area contributed by atoms with Gasteiger partial charge >= 0.3 is 0 Å². The van der Waals surface area contributed by atoms with Crippen LogP contribution in [0.25, 0.3) is 0 Å². The van der Waals surface area contributed by atoms with E-state index in [1.807, 2.05) is 0 Å². The van der Waals surface area contributed by atoms with Gasteiger partial charge in [-0.15, -0.1) is 24.8 Å². The van der Waals surface area contributed by atoms with Crippen molar-refractivity contribution in [3.05, 3.63) is 35.9 Å². The zero-order chi connectivity index (χ0) is 9.80. The largest absolute Gasteiger partial charge is 0.311 e. The van der Waals surface area contributed by atoms with Gasteiger partial charge in [-0.25, -0.2) is 0 Å². The molecule has 0 aromatic heterocycles. The van der Waals surface area contributed by atoms with Crippen molar-refractivity contribution in [2.75, 3.05) is 26.7 Å². The predicted molar refractivity (Wildman–Crippen MR) is 73.9 cm³/mol. The normalized spacial score (nSPS) is 20.7. The van der Waals surface area contributed by atoms with Crippen LogP contribution in [-0.4, -0.2) is 37.6 Å². The van der Waals surface area contributed by atoms with E-state index >= 15 is 0 Å². The molecule has 2 rings (SSSR count). The molecule has 1 aromatic carbocycles. The third-order valence-corrected chi connectivity index (χ3v) is 2.78. The van der Waals surface area contributed by atoms with E-state index in [2.05, 4.69) is 47.6 Å². The van der Waals surface area contributed by atoms with Crippen LogP contribution in [0, 0.1) is 0 Å². The maximum atomic E-state index is 3.56. The van der Waals surface area contributed by atoms with Crippen LogP contribution in [0.4, 0.5) is 0 Å². The number of likely N-dealkylation sites (N-methyl/N-ethyl adjacent to an activating group) is 1. The van der Waals surface area contributed by atoms with E-state index < -0.39 is 0 Å². The molecule has 1 saturated heterocycles. The van der Waals surface area contributed by atoms with E-state index in [9.17, 15) is 0 Å². The molecule has 1 heterocycles. The molecule has 0 aliphatic carbocycles. The summed E-state index contributed by atoms with van der Waals surface area (Å²) in [4.78, 5) is 2.39. The van der Waals surface area contributed by atoms with Crippen LogP contribution in [0.3, 0.4) is 0 Å². The third kappa shape index (κ3) is 4.71. The summed E-state index contributed by atoms with van der Waals surface area (Å²) in [6.45, 7) is 3.45. The van der Waals surface area contributed by atoms with Crippen molar-refractivity contribution in [2.24, 2.45) is 0 Å². The maximum Gasteiger partial charge on any atom is 0.0235 e. The van der Waals surface area contributed by atoms with Crippen molar-refractivity contribution in [1.29, 1.82) is 0 Å². The number of nitrogens with zero attached hydrogens (tertiary/aromatic N) is 1. The monoisotopic (exact) mass is 262 g/mol. The summed E-state index contributed by atoms with van der Waals surface area (Å²) in [6, 6.07) is 11.3. The molecule has 0 amide bonds. The molecule has 16 heavy (non-hydrogen) atoms. The maximum absolute atomic E-state index is 3.56. The summed E-state index contributed by atoms with van der Waals surface area (Å²) >= 11 is 0. The number of hydrogen-bond acceptors (Lipinski definition) is 2. The van der Waals surface area contributed by atoms with Crippen molar-refractivity contribution in [1.82, 2.24) is 10.2 Å². The van der Waals surface area contributed by atoms with Gasteiger partial charge in [-0.1, -0.05) is 30.3 Å². The van der Waals surface area contributed by atoms with Gasteiger partial charge in [0.05, 0.1) is 0 Å². The lowest BCUT2D eigenvalue weighted by Crippen LogP contribution is -2.49. The van der Waals surface area contributed by atoms with E-state index in [4.69, 9.17) is 0 Å². The molecule has 0 saturated carbocycles. The average molecular weight is 263 g/mol. The van der Waals surface area contributed by atoms with Gasteiger partial charge in [0.1, 0.15) is 0 Å². The average Bonchev–Trinajstić information content (AvgIpc) is 2.19. The van der Waals surface area contributed by atoms with Gasteiger partial charge in [0.15, 0.2) is 0 Å². The summed E-state index contributed by atoms with van der Waals surface area (Å²) in [5, 5.41) is 3.56. The summed E-state index contributed by atoms with van der Waals surface area (Å²) in [5.74, 6) is 0. The van der Waals surface area contributed by atoms with Gasteiger partial charge in [0.2, 0.25) is 0 Å². The minimum Gasteiger partial charge on any atom is -0.311 e. The number of benzene rings is 1. The summed E-state index contributed by atoms with van der Waals surface area (Å²) in [7, 11) is 2.19. The van der Waals surface area contributed by atoms with Crippen LogP contribution in [0.1, 0.15) is 5.56 Å². The Labute approximate surface area is 110 Å². The molecule has 1 atom stereocenters. The van der Waals surface area contributed by atoms with Gasteiger partial charge in [-0.2, -0.15) is 0 Å². The fourth-order valence-corrected chi connectivity index (χ4v) is 2.03. The van der Waals surface area contributed by atoms with Crippen LogP contribution in [0.2, 0.25) is 0 Å². The number of piperazine rings is 1. The van der Waals surface area contributed by atoms with Crippen LogP contribution >= 0.6 is 24.8 Å². The number of rotatable bonds is 2. The topological polar surface area (TPSA) is 15.3 Å². The Kier molecular flexibility index (Phi) is 7.77. The van der Waals surface area contributed by atoms with Crippen LogP contribution in [0.15, 0.2) is 30.3 Å². The number of hydrogen-bond donors (Lipinski definition) is 1. The van der Waals surface area contributed by atoms with Gasteiger partial charge < -0.3 is 10.2 Å². The smallest absolute Gasteiger partial charge is 0.0235 e. The number of halogens is 2. The summed E-state index contributed by atoms with van der Waals surface area (Å²) in [5.41, 5.74) is 1.43. The molecule has 1 aliphatic heterocycles. The molecule has 1 N–H and O–H groups in total. The molecular formula is C12H20Cl2N2. The van der Waals surface area contributed by atoms with Crippen LogP contribution in [0.5, 0.6) is 0 Å². The van der Waals surface area contributed by atoms with Crippen LogP contribution in [-0.2, 0) is 6.42 Å². The summed E-state index contributed by atoms with van der Waals surface area (Å²) in [6.07, 6.45) is 1.14. The highest BCUT2D eigenvalue weighted by molar-refractivity contribution is 5.85. The van der Waals surface area contributed by atoms with E-state index in [1.165, 1.54) is 12.1 Å². The minimum atomic E-state index is 0. The lowest BCUT2D eigenvalue weighted by Gasteiger charge is -2.30. The molecule has 2 nitrogen and oxygen atoms in total. The molecule has 4 heteroatoms. The fraction of sp³-hybridized carbons (Fsp3) is 0.500. The Morgan fingerprint density at radius 3 is 2.56 bits per heavy atom. The Bertz CT molecular complexity index is 280. The van der Waals surface area contributed by atoms with Gasteiger partial charge in [0.25, 0.3) is 0 Å². The highest BCUT2D eigenvalue weighted by Gasteiger charge is 2.15. The molecule has 0 bridgehead atoms. The van der Waals surface area contributed by atoms with E-state index in [-0.39, 0.29) is 24.8 Å². The van der Waals surface area contributed by atoms with Gasteiger partial charge in [0, 0.05) is 25.7 Å². The van der Waals surface area contributed by atoms with E-state index in [1.54, 1.807) is 0 Å². The molecule has 1 aliphatic rings. The van der Waals surface area contributed by atoms with Crippen molar-refractivity contribution in [2.45, 2.75) is 12.5 Å².